The van der Waals surface area contributed by atoms with E-state index in [2.05, 4.69) is 29.4 Å². The van der Waals surface area contributed by atoms with Crippen LogP contribution in [-0.2, 0) is 4.79 Å². The van der Waals surface area contributed by atoms with Gasteiger partial charge in [-0.1, -0.05) is 0 Å². The van der Waals surface area contributed by atoms with Crippen LogP contribution in [0.2, 0.25) is 0 Å². The third-order valence-electron chi connectivity index (χ3n) is 3.49. The maximum absolute atomic E-state index is 11.5. The fourth-order valence-corrected chi connectivity index (χ4v) is 2.40. The first-order chi connectivity index (χ1) is 8.49. The van der Waals surface area contributed by atoms with E-state index in [-0.39, 0.29) is 11.9 Å². The second-order valence-electron chi connectivity index (χ2n) is 5.83. The van der Waals surface area contributed by atoms with Gasteiger partial charge >= 0.3 is 0 Å². The van der Waals surface area contributed by atoms with Crippen LogP contribution >= 0.6 is 0 Å². The number of carbonyl (C=O) groups excluding carboxylic acids is 1. The molecule has 4 heteroatoms. The molecule has 0 aliphatic carbocycles. The zero-order valence-electron chi connectivity index (χ0n) is 12.3. The standard InChI is InChI=1S/C14H29N3O/c1-11(2)16-14(18)5-8-15-13-6-9-17(10-7-13)12(3)4/h11-13,15H,5-10H2,1-4H3,(H,16,18). The molecule has 0 radical (unpaired) electrons. The van der Waals surface area contributed by atoms with Gasteiger partial charge in [-0.15, -0.1) is 0 Å². The van der Waals surface area contributed by atoms with E-state index in [0.717, 1.165) is 6.54 Å². The summed E-state index contributed by atoms with van der Waals surface area (Å²) in [6.45, 7) is 11.6. The van der Waals surface area contributed by atoms with Crippen molar-refractivity contribution in [1.82, 2.24) is 15.5 Å². The molecule has 1 saturated heterocycles. The highest BCUT2D eigenvalue weighted by molar-refractivity contribution is 5.76. The third-order valence-corrected chi connectivity index (χ3v) is 3.49. The largest absolute Gasteiger partial charge is 0.354 e. The Morgan fingerprint density at radius 2 is 1.83 bits per heavy atom. The molecule has 0 spiro atoms. The zero-order chi connectivity index (χ0) is 13.5. The van der Waals surface area contributed by atoms with Gasteiger partial charge in [-0.25, -0.2) is 0 Å². The van der Waals surface area contributed by atoms with Crippen molar-refractivity contribution in [2.24, 2.45) is 0 Å². The van der Waals surface area contributed by atoms with Gasteiger partial charge in [0.2, 0.25) is 5.91 Å². The summed E-state index contributed by atoms with van der Waals surface area (Å²) in [7, 11) is 0. The van der Waals surface area contributed by atoms with E-state index in [4.69, 9.17) is 0 Å². The molecule has 1 aliphatic heterocycles. The van der Waals surface area contributed by atoms with Crippen molar-refractivity contribution >= 4 is 5.91 Å². The molecule has 0 aromatic rings. The number of hydrogen-bond donors (Lipinski definition) is 2. The Hall–Kier alpha value is -0.610. The normalized spacial score (nSPS) is 18.6. The maximum Gasteiger partial charge on any atom is 0.221 e. The number of hydrogen-bond acceptors (Lipinski definition) is 3. The fraction of sp³-hybridized carbons (Fsp3) is 0.929. The summed E-state index contributed by atoms with van der Waals surface area (Å²) in [6, 6.07) is 1.49. The Kier molecular flexibility index (Phi) is 6.65. The highest BCUT2D eigenvalue weighted by Gasteiger charge is 2.20. The lowest BCUT2D eigenvalue weighted by Crippen LogP contribution is -2.45. The molecule has 1 rings (SSSR count). The monoisotopic (exact) mass is 255 g/mol. The van der Waals surface area contributed by atoms with E-state index in [0.29, 0.717) is 18.5 Å². The second kappa shape index (κ2) is 7.74. The topological polar surface area (TPSA) is 44.4 Å². The lowest BCUT2D eigenvalue weighted by Gasteiger charge is -2.35. The highest BCUT2D eigenvalue weighted by atomic mass is 16.1. The molecule has 1 fully saturated rings. The lowest BCUT2D eigenvalue weighted by atomic mass is 10.0. The Bertz CT molecular complexity index is 245. The van der Waals surface area contributed by atoms with Crippen molar-refractivity contribution in [1.29, 1.82) is 0 Å². The molecule has 1 amide bonds. The van der Waals surface area contributed by atoms with E-state index in [9.17, 15) is 4.79 Å². The van der Waals surface area contributed by atoms with E-state index in [1.165, 1.54) is 25.9 Å². The van der Waals surface area contributed by atoms with Crippen LogP contribution in [0.3, 0.4) is 0 Å². The lowest BCUT2D eigenvalue weighted by molar-refractivity contribution is -0.121. The maximum atomic E-state index is 11.5. The fourth-order valence-electron chi connectivity index (χ4n) is 2.40. The molecule has 106 valence electrons. The second-order valence-corrected chi connectivity index (χ2v) is 5.83. The average molecular weight is 255 g/mol. The summed E-state index contributed by atoms with van der Waals surface area (Å²) in [5.74, 6) is 0.150. The van der Waals surface area contributed by atoms with E-state index in [1.54, 1.807) is 0 Å². The first kappa shape index (κ1) is 15.4. The number of rotatable bonds is 6. The molecule has 0 saturated carbocycles. The average Bonchev–Trinajstić information content (AvgIpc) is 2.28. The molecular formula is C14H29N3O. The van der Waals surface area contributed by atoms with Gasteiger partial charge in [0.15, 0.2) is 0 Å². The van der Waals surface area contributed by atoms with Crippen LogP contribution in [0.25, 0.3) is 0 Å². The first-order valence-corrected chi connectivity index (χ1v) is 7.26. The number of amides is 1. The molecule has 2 N–H and O–H groups in total. The molecule has 0 bridgehead atoms. The van der Waals surface area contributed by atoms with Crippen molar-refractivity contribution in [3.63, 3.8) is 0 Å². The zero-order valence-corrected chi connectivity index (χ0v) is 12.3. The molecule has 4 nitrogen and oxygen atoms in total. The predicted molar refractivity (Wildman–Crippen MR) is 75.6 cm³/mol. The predicted octanol–water partition coefficient (Wildman–Crippen LogP) is 1.36. The molecule has 1 aliphatic rings. The minimum Gasteiger partial charge on any atom is -0.354 e. The summed E-state index contributed by atoms with van der Waals surface area (Å²) in [5, 5.41) is 6.41. The highest BCUT2D eigenvalue weighted by Crippen LogP contribution is 2.12. The van der Waals surface area contributed by atoms with Gasteiger partial charge in [-0.3, -0.25) is 4.79 Å². The smallest absolute Gasteiger partial charge is 0.221 e. The van der Waals surface area contributed by atoms with E-state index >= 15 is 0 Å². The third kappa shape index (κ3) is 5.83. The number of carbonyl (C=O) groups is 1. The molecule has 0 aromatic heterocycles. The number of nitrogens with zero attached hydrogens (tertiary/aromatic N) is 1. The molecule has 0 atom stereocenters. The van der Waals surface area contributed by atoms with Crippen LogP contribution in [0.5, 0.6) is 0 Å². The van der Waals surface area contributed by atoms with Crippen molar-refractivity contribution in [3.05, 3.63) is 0 Å². The molecule has 1 heterocycles. The Labute approximate surface area is 111 Å². The van der Waals surface area contributed by atoms with E-state index < -0.39 is 0 Å². The summed E-state index contributed by atoms with van der Waals surface area (Å²) in [4.78, 5) is 14.0. The van der Waals surface area contributed by atoms with Crippen LogP contribution in [0, 0.1) is 0 Å². The molecular weight excluding hydrogens is 226 g/mol. The van der Waals surface area contributed by atoms with Crippen LogP contribution in [0.1, 0.15) is 47.0 Å². The summed E-state index contributed by atoms with van der Waals surface area (Å²) >= 11 is 0. The number of piperidine rings is 1. The Morgan fingerprint density at radius 3 is 2.33 bits per heavy atom. The molecule has 18 heavy (non-hydrogen) atoms. The van der Waals surface area contributed by atoms with Gasteiger partial charge in [0.25, 0.3) is 0 Å². The van der Waals surface area contributed by atoms with E-state index in [1.807, 2.05) is 13.8 Å². The number of likely N-dealkylation sites (tertiary alicyclic amines) is 1. The van der Waals surface area contributed by atoms with Crippen LogP contribution in [-0.4, -0.2) is 48.6 Å². The Morgan fingerprint density at radius 1 is 1.22 bits per heavy atom. The Balaban J connectivity index is 2.09. The quantitative estimate of drug-likeness (QED) is 0.753. The van der Waals surface area contributed by atoms with Gasteiger partial charge < -0.3 is 15.5 Å². The van der Waals surface area contributed by atoms with Crippen LogP contribution in [0.15, 0.2) is 0 Å². The van der Waals surface area contributed by atoms with Gasteiger partial charge in [-0.2, -0.15) is 0 Å². The van der Waals surface area contributed by atoms with Crippen molar-refractivity contribution in [3.8, 4) is 0 Å². The van der Waals surface area contributed by atoms with Crippen molar-refractivity contribution in [2.45, 2.75) is 65.1 Å². The van der Waals surface area contributed by atoms with Gasteiger partial charge in [0, 0.05) is 31.1 Å². The van der Waals surface area contributed by atoms with Crippen LogP contribution in [0.4, 0.5) is 0 Å². The van der Waals surface area contributed by atoms with Crippen LogP contribution < -0.4 is 10.6 Å². The van der Waals surface area contributed by atoms with Crippen molar-refractivity contribution in [2.75, 3.05) is 19.6 Å². The summed E-state index contributed by atoms with van der Waals surface area (Å²) in [5.41, 5.74) is 0. The minimum atomic E-state index is 0.150. The summed E-state index contributed by atoms with van der Waals surface area (Å²) < 4.78 is 0. The molecule has 0 unspecified atom stereocenters. The minimum absolute atomic E-state index is 0.150. The first-order valence-electron chi connectivity index (χ1n) is 7.26. The molecule has 0 aromatic carbocycles. The SMILES string of the molecule is CC(C)NC(=O)CCNC1CCN(C(C)C)CC1. The van der Waals surface area contributed by atoms with Gasteiger partial charge in [0.1, 0.15) is 0 Å². The number of nitrogens with one attached hydrogen (secondary N) is 2. The van der Waals surface area contributed by atoms with Crippen molar-refractivity contribution < 1.29 is 4.79 Å². The summed E-state index contributed by atoms with van der Waals surface area (Å²) in [6.07, 6.45) is 2.98. The van der Waals surface area contributed by atoms with Gasteiger partial charge in [0.05, 0.1) is 0 Å². The van der Waals surface area contributed by atoms with Gasteiger partial charge in [-0.05, 0) is 53.6 Å².